The second-order valence-electron chi connectivity index (χ2n) is 9.70. The lowest BCUT2D eigenvalue weighted by Gasteiger charge is -2.52. The highest BCUT2D eigenvalue weighted by molar-refractivity contribution is 5.91. The Balaban J connectivity index is 1.74. The molecule has 2 aliphatic rings. The van der Waals surface area contributed by atoms with Crippen LogP contribution in [0.1, 0.15) is 16.7 Å². The Labute approximate surface area is 225 Å². The van der Waals surface area contributed by atoms with Crippen LogP contribution in [-0.2, 0) is 5.66 Å². The number of methoxy groups -OCH3 is 3. The van der Waals surface area contributed by atoms with Gasteiger partial charge in [0.25, 0.3) is 0 Å². The van der Waals surface area contributed by atoms with Crippen molar-refractivity contribution in [3.05, 3.63) is 102 Å². The summed E-state index contributed by atoms with van der Waals surface area (Å²) in [6, 6.07) is 24.9. The van der Waals surface area contributed by atoms with E-state index in [1.54, 1.807) is 21.3 Å². The Bertz CT molecular complexity index is 1270. The van der Waals surface area contributed by atoms with Crippen molar-refractivity contribution in [1.82, 2.24) is 19.6 Å². The van der Waals surface area contributed by atoms with Crippen molar-refractivity contribution >= 4 is 11.4 Å². The molecule has 0 N–H and O–H groups in total. The van der Waals surface area contributed by atoms with Gasteiger partial charge in [0.05, 0.1) is 32.7 Å². The number of hydrogen-bond donors (Lipinski definition) is 0. The molecule has 0 unspecified atom stereocenters. The van der Waals surface area contributed by atoms with Gasteiger partial charge in [-0.25, -0.2) is 0 Å². The molecule has 7 nitrogen and oxygen atoms in total. The molecular weight excluding hydrogens is 476 g/mol. The number of ether oxygens (including phenoxy) is 3. The van der Waals surface area contributed by atoms with E-state index in [1.165, 1.54) is 0 Å². The smallest absolute Gasteiger partial charge is 0.182 e. The van der Waals surface area contributed by atoms with Crippen LogP contribution in [0.15, 0.2) is 85.2 Å². The third kappa shape index (κ3) is 3.72. The number of rotatable bonds is 7. The summed E-state index contributed by atoms with van der Waals surface area (Å²) in [5.41, 5.74) is 5.00. The number of benzene rings is 3. The molecule has 7 heteroatoms. The molecule has 0 bridgehead atoms. The Morgan fingerprint density at radius 3 is 1.45 bits per heavy atom. The number of nitrogens with zero attached hydrogens (tertiary/aromatic N) is 4. The fraction of sp³-hybridized carbons (Fsp3) is 0.290. The maximum atomic E-state index is 5.92. The Morgan fingerprint density at radius 2 is 1.03 bits per heavy atom. The maximum Gasteiger partial charge on any atom is 0.182 e. The number of hydrogen-bond acceptors (Lipinski definition) is 7. The predicted molar refractivity (Wildman–Crippen MR) is 151 cm³/mol. The summed E-state index contributed by atoms with van der Waals surface area (Å²) in [6.45, 7) is 0. The van der Waals surface area contributed by atoms with E-state index in [0.29, 0.717) is 0 Å². The minimum Gasteiger partial charge on any atom is -0.497 e. The molecular formula is C31H36N4O3. The molecule has 38 heavy (non-hydrogen) atoms. The summed E-state index contributed by atoms with van der Waals surface area (Å²) in [5, 5.41) is 0. The quantitative estimate of drug-likeness (QED) is 0.444. The van der Waals surface area contributed by atoms with Gasteiger partial charge < -0.3 is 33.8 Å². The van der Waals surface area contributed by atoms with Crippen molar-refractivity contribution in [3.8, 4) is 17.2 Å². The van der Waals surface area contributed by atoms with Gasteiger partial charge in [-0.15, -0.1) is 0 Å². The summed E-state index contributed by atoms with van der Waals surface area (Å²) >= 11 is 0. The number of para-hydroxylation sites is 1. The van der Waals surface area contributed by atoms with E-state index in [4.69, 9.17) is 14.2 Å². The standard InChI is InChI=1S/C31H36N4O3/c1-32-20-21-33(2)31(32,26-10-8-9-11-27(26)38-7)30-34(3)28(22-12-16-24(36-5)17-13-22)29(35(30)4)23-14-18-25(37-6)19-15-23/h8-21,30H,1-7H3. The van der Waals surface area contributed by atoms with Crippen molar-refractivity contribution in [1.29, 1.82) is 0 Å². The summed E-state index contributed by atoms with van der Waals surface area (Å²) in [6.07, 6.45) is 4.15. The van der Waals surface area contributed by atoms with Crippen LogP contribution >= 0.6 is 0 Å². The van der Waals surface area contributed by atoms with Crippen LogP contribution in [-0.4, -0.2) is 75.3 Å². The van der Waals surface area contributed by atoms with Gasteiger partial charge >= 0.3 is 0 Å². The van der Waals surface area contributed by atoms with Crippen LogP contribution in [0.4, 0.5) is 0 Å². The molecule has 0 fully saturated rings. The summed E-state index contributed by atoms with van der Waals surface area (Å²) in [5.74, 6) is 2.51. The highest BCUT2D eigenvalue weighted by Crippen LogP contribution is 2.52. The third-order valence-electron chi connectivity index (χ3n) is 7.84. The van der Waals surface area contributed by atoms with Gasteiger partial charge in [0.15, 0.2) is 5.66 Å². The zero-order chi connectivity index (χ0) is 27.0. The molecule has 0 atom stereocenters. The molecule has 0 radical (unpaired) electrons. The van der Waals surface area contributed by atoms with Crippen LogP contribution in [0.2, 0.25) is 0 Å². The molecule has 0 saturated carbocycles. The van der Waals surface area contributed by atoms with Gasteiger partial charge in [0.2, 0.25) is 0 Å². The zero-order valence-corrected chi connectivity index (χ0v) is 23.2. The van der Waals surface area contributed by atoms with Crippen molar-refractivity contribution < 1.29 is 14.2 Å². The van der Waals surface area contributed by atoms with Gasteiger partial charge in [-0.3, -0.25) is 0 Å². The molecule has 0 aliphatic carbocycles. The third-order valence-corrected chi connectivity index (χ3v) is 7.84. The zero-order valence-electron chi connectivity index (χ0n) is 23.2. The van der Waals surface area contributed by atoms with Crippen LogP contribution in [0.5, 0.6) is 17.2 Å². The lowest BCUT2D eigenvalue weighted by molar-refractivity contribution is -0.0556. The molecule has 0 spiro atoms. The first kappa shape index (κ1) is 25.4. The SMILES string of the molecule is COc1ccc(C2=C(c3ccc(OC)cc3)N(C)C(C3(c4ccccc4OC)N(C)C=CN3C)N2C)cc1. The number of likely N-dealkylation sites (N-methyl/N-ethyl adjacent to an activating group) is 4. The lowest BCUT2D eigenvalue weighted by Crippen LogP contribution is -2.63. The second kappa shape index (κ2) is 9.89. The molecule has 0 amide bonds. The Hall–Kier alpha value is -4.26. The summed E-state index contributed by atoms with van der Waals surface area (Å²) in [4.78, 5) is 9.33. The minimum atomic E-state index is -0.581. The lowest BCUT2D eigenvalue weighted by atomic mass is 9.91. The van der Waals surface area contributed by atoms with Crippen LogP contribution in [0.3, 0.4) is 0 Å². The van der Waals surface area contributed by atoms with Crippen molar-refractivity contribution in [3.63, 3.8) is 0 Å². The van der Waals surface area contributed by atoms with Crippen molar-refractivity contribution in [2.45, 2.75) is 11.8 Å². The average molecular weight is 513 g/mol. The van der Waals surface area contributed by atoms with Gasteiger partial charge in [0.1, 0.15) is 23.4 Å². The summed E-state index contributed by atoms with van der Waals surface area (Å²) in [7, 11) is 13.7. The van der Waals surface area contributed by atoms with Gasteiger partial charge in [-0.05, 0) is 54.6 Å². The Kier molecular flexibility index (Phi) is 6.61. The molecule has 5 rings (SSSR count). The molecule has 2 aliphatic heterocycles. The molecule has 3 aromatic carbocycles. The first-order valence-electron chi connectivity index (χ1n) is 12.6. The molecule has 2 heterocycles. The predicted octanol–water partition coefficient (Wildman–Crippen LogP) is 4.94. The first-order chi connectivity index (χ1) is 18.4. The van der Waals surface area contributed by atoms with Crippen LogP contribution in [0, 0.1) is 0 Å². The van der Waals surface area contributed by atoms with E-state index in [9.17, 15) is 0 Å². The van der Waals surface area contributed by atoms with Crippen LogP contribution < -0.4 is 14.2 Å². The largest absolute Gasteiger partial charge is 0.497 e. The van der Waals surface area contributed by atoms with E-state index >= 15 is 0 Å². The highest BCUT2D eigenvalue weighted by atomic mass is 16.5. The topological polar surface area (TPSA) is 40.7 Å². The normalized spacial score (nSPS) is 17.0. The first-order valence-corrected chi connectivity index (χ1v) is 12.6. The second-order valence-corrected chi connectivity index (χ2v) is 9.70. The van der Waals surface area contributed by atoms with Gasteiger partial charge in [-0.1, -0.05) is 18.2 Å². The fourth-order valence-corrected chi connectivity index (χ4v) is 6.07. The van der Waals surface area contributed by atoms with E-state index in [-0.39, 0.29) is 6.17 Å². The van der Waals surface area contributed by atoms with E-state index in [2.05, 4.69) is 96.6 Å². The molecule has 3 aromatic rings. The van der Waals surface area contributed by atoms with Crippen LogP contribution in [0.25, 0.3) is 11.4 Å². The highest BCUT2D eigenvalue weighted by Gasteiger charge is 2.57. The van der Waals surface area contributed by atoms with E-state index in [0.717, 1.165) is 45.3 Å². The monoisotopic (exact) mass is 512 g/mol. The fourth-order valence-electron chi connectivity index (χ4n) is 6.07. The van der Waals surface area contributed by atoms with E-state index < -0.39 is 5.66 Å². The molecule has 198 valence electrons. The average Bonchev–Trinajstić information content (AvgIpc) is 3.39. The van der Waals surface area contributed by atoms with Crippen molar-refractivity contribution in [2.75, 3.05) is 49.5 Å². The Morgan fingerprint density at radius 1 is 0.579 bits per heavy atom. The summed E-state index contributed by atoms with van der Waals surface area (Å²) < 4.78 is 16.8. The molecule has 0 aromatic heterocycles. The van der Waals surface area contributed by atoms with Gasteiger partial charge in [-0.2, -0.15) is 0 Å². The van der Waals surface area contributed by atoms with Crippen molar-refractivity contribution in [2.24, 2.45) is 0 Å². The maximum absolute atomic E-state index is 5.92. The molecule has 0 saturated heterocycles. The van der Waals surface area contributed by atoms with Gasteiger partial charge in [0, 0.05) is 57.3 Å². The van der Waals surface area contributed by atoms with E-state index in [1.807, 2.05) is 36.4 Å². The minimum absolute atomic E-state index is 0.113.